The predicted molar refractivity (Wildman–Crippen MR) is 84.4 cm³/mol. The Kier molecular flexibility index (Phi) is 4.54. The van der Waals surface area contributed by atoms with Crippen LogP contribution in [0, 0.1) is 0 Å². The molecule has 1 aromatic carbocycles. The highest BCUT2D eigenvalue weighted by molar-refractivity contribution is 6.62. The van der Waals surface area contributed by atoms with E-state index in [1.807, 2.05) is 45.9 Å². The largest absolute Gasteiger partial charge is 0.496 e. The van der Waals surface area contributed by atoms with Gasteiger partial charge in [-0.3, -0.25) is 4.79 Å². The van der Waals surface area contributed by atoms with Crippen LogP contribution in [0.2, 0.25) is 0 Å². The summed E-state index contributed by atoms with van der Waals surface area (Å²) >= 11 is 0. The summed E-state index contributed by atoms with van der Waals surface area (Å²) in [5.74, 6) is 0.319. The fourth-order valence-corrected chi connectivity index (χ4v) is 2.26. The first-order valence-corrected chi connectivity index (χ1v) is 7.29. The van der Waals surface area contributed by atoms with Crippen molar-refractivity contribution in [3.63, 3.8) is 0 Å². The van der Waals surface area contributed by atoms with Gasteiger partial charge in [0, 0.05) is 5.56 Å². The molecule has 1 aromatic rings. The van der Waals surface area contributed by atoms with Crippen LogP contribution in [-0.4, -0.2) is 38.5 Å². The molecule has 1 fully saturated rings. The summed E-state index contributed by atoms with van der Waals surface area (Å²) in [6.07, 6.45) is 0.170. The number of methoxy groups -OCH3 is 2. The monoisotopic (exact) mass is 306 g/mol. The average molecular weight is 306 g/mol. The number of esters is 1. The normalized spacial score (nSPS) is 19.1. The van der Waals surface area contributed by atoms with Gasteiger partial charge in [-0.05, 0) is 39.2 Å². The highest BCUT2D eigenvalue weighted by atomic mass is 16.7. The van der Waals surface area contributed by atoms with Crippen LogP contribution in [0.3, 0.4) is 0 Å². The van der Waals surface area contributed by atoms with Crippen molar-refractivity contribution in [2.24, 2.45) is 0 Å². The lowest BCUT2D eigenvalue weighted by molar-refractivity contribution is -0.139. The molecular formula is C16H23BO5. The second-order valence-electron chi connectivity index (χ2n) is 6.41. The summed E-state index contributed by atoms with van der Waals surface area (Å²) in [6, 6.07) is 5.58. The molecular weight excluding hydrogens is 283 g/mol. The van der Waals surface area contributed by atoms with Gasteiger partial charge in [-0.2, -0.15) is 0 Å². The van der Waals surface area contributed by atoms with Gasteiger partial charge in [0.1, 0.15) is 5.75 Å². The Morgan fingerprint density at radius 2 is 1.73 bits per heavy atom. The van der Waals surface area contributed by atoms with Gasteiger partial charge in [0.2, 0.25) is 0 Å². The number of carbonyl (C=O) groups excluding carboxylic acids is 1. The fourth-order valence-electron chi connectivity index (χ4n) is 2.26. The van der Waals surface area contributed by atoms with E-state index < -0.39 is 18.3 Å². The molecule has 0 N–H and O–H groups in total. The zero-order valence-electron chi connectivity index (χ0n) is 14.1. The number of rotatable bonds is 4. The standard InChI is InChI=1S/C16H23BO5/c1-15(2)16(3,4)22-17(21-15)12-8-7-11(9-14(18)20-6)13(10-12)19-5/h7-8,10H,9H2,1-6H3. The Hall–Kier alpha value is -1.53. The molecule has 0 amide bonds. The molecule has 120 valence electrons. The van der Waals surface area contributed by atoms with E-state index in [9.17, 15) is 4.79 Å². The molecule has 6 heteroatoms. The van der Waals surface area contributed by atoms with E-state index >= 15 is 0 Å². The second-order valence-corrected chi connectivity index (χ2v) is 6.41. The van der Waals surface area contributed by atoms with Crippen LogP contribution >= 0.6 is 0 Å². The van der Waals surface area contributed by atoms with E-state index in [0.717, 1.165) is 11.0 Å². The van der Waals surface area contributed by atoms with E-state index in [1.165, 1.54) is 7.11 Å². The first-order valence-electron chi connectivity index (χ1n) is 7.29. The first kappa shape index (κ1) is 16.8. The van der Waals surface area contributed by atoms with Gasteiger partial charge >= 0.3 is 13.1 Å². The van der Waals surface area contributed by atoms with E-state index in [0.29, 0.717) is 5.75 Å². The summed E-state index contributed by atoms with van der Waals surface area (Å²) in [5, 5.41) is 0. The number of benzene rings is 1. The number of hydrogen-bond donors (Lipinski definition) is 0. The van der Waals surface area contributed by atoms with E-state index in [1.54, 1.807) is 7.11 Å². The fraction of sp³-hybridized carbons (Fsp3) is 0.562. The number of hydrogen-bond acceptors (Lipinski definition) is 5. The Morgan fingerprint density at radius 1 is 1.14 bits per heavy atom. The lowest BCUT2D eigenvalue weighted by atomic mass is 9.78. The van der Waals surface area contributed by atoms with Crippen LogP contribution in [0.5, 0.6) is 5.75 Å². The second kappa shape index (κ2) is 5.93. The van der Waals surface area contributed by atoms with Crippen molar-refractivity contribution >= 4 is 18.6 Å². The van der Waals surface area contributed by atoms with Crippen LogP contribution in [0.15, 0.2) is 18.2 Å². The topological polar surface area (TPSA) is 54.0 Å². The zero-order valence-corrected chi connectivity index (χ0v) is 14.1. The molecule has 0 aliphatic carbocycles. The van der Waals surface area contributed by atoms with E-state index in [-0.39, 0.29) is 12.4 Å². The van der Waals surface area contributed by atoms with Gasteiger partial charge in [-0.15, -0.1) is 0 Å². The van der Waals surface area contributed by atoms with Crippen molar-refractivity contribution in [3.05, 3.63) is 23.8 Å². The summed E-state index contributed by atoms with van der Waals surface area (Å²) in [7, 11) is 2.49. The maximum atomic E-state index is 11.4. The summed E-state index contributed by atoms with van der Waals surface area (Å²) in [6.45, 7) is 8.04. The minimum atomic E-state index is -0.453. The van der Waals surface area contributed by atoms with E-state index in [2.05, 4.69) is 0 Å². The van der Waals surface area contributed by atoms with Gasteiger partial charge in [-0.1, -0.05) is 12.1 Å². The molecule has 0 aromatic heterocycles. The van der Waals surface area contributed by atoms with Crippen molar-refractivity contribution in [1.29, 1.82) is 0 Å². The Labute approximate surface area is 132 Å². The Morgan fingerprint density at radius 3 is 2.23 bits per heavy atom. The van der Waals surface area contributed by atoms with Crippen molar-refractivity contribution in [1.82, 2.24) is 0 Å². The molecule has 1 heterocycles. The number of ether oxygens (including phenoxy) is 2. The van der Waals surface area contributed by atoms with Crippen molar-refractivity contribution in [2.75, 3.05) is 14.2 Å². The Balaban J connectivity index is 2.26. The van der Waals surface area contributed by atoms with Gasteiger partial charge in [-0.25, -0.2) is 0 Å². The smallest absolute Gasteiger partial charge is 0.494 e. The van der Waals surface area contributed by atoms with Gasteiger partial charge in [0.15, 0.2) is 0 Å². The van der Waals surface area contributed by atoms with Crippen molar-refractivity contribution < 1.29 is 23.6 Å². The maximum absolute atomic E-state index is 11.4. The van der Waals surface area contributed by atoms with Crippen LogP contribution in [0.25, 0.3) is 0 Å². The third-order valence-electron chi connectivity index (χ3n) is 4.40. The minimum absolute atomic E-state index is 0.170. The van der Waals surface area contributed by atoms with Crippen molar-refractivity contribution in [3.8, 4) is 5.75 Å². The Bertz CT molecular complexity index is 552. The molecule has 5 nitrogen and oxygen atoms in total. The molecule has 0 unspecified atom stereocenters. The molecule has 0 bridgehead atoms. The third-order valence-corrected chi connectivity index (χ3v) is 4.40. The van der Waals surface area contributed by atoms with Gasteiger partial charge in [0.05, 0.1) is 31.8 Å². The van der Waals surface area contributed by atoms with Crippen LogP contribution in [-0.2, 0) is 25.3 Å². The first-order chi connectivity index (χ1) is 10.2. The molecule has 1 saturated heterocycles. The minimum Gasteiger partial charge on any atom is -0.496 e. The summed E-state index contributed by atoms with van der Waals surface area (Å²) in [4.78, 5) is 11.4. The average Bonchev–Trinajstić information content (AvgIpc) is 2.67. The molecule has 1 aliphatic rings. The summed E-state index contributed by atoms with van der Waals surface area (Å²) < 4.78 is 22.1. The molecule has 0 radical (unpaired) electrons. The molecule has 22 heavy (non-hydrogen) atoms. The van der Waals surface area contributed by atoms with Crippen LogP contribution < -0.4 is 10.2 Å². The molecule has 2 rings (SSSR count). The molecule has 0 saturated carbocycles. The maximum Gasteiger partial charge on any atom is 0.494 e. The highest BCUT2D eigenvalue weighted by Crippen LogP contribution is 2.36. The quantitative estimate of drug-likeness (QED) is 0.626. The van der Waals surface area contributed by atoms with Gasteiger partial charge in [0.25, 0.3) is 0 Å². The molecule has 0 atom stereocenters. The zero-order chi connectivity index (χ0) is 16.5. The summed E-state index contributed by atoms with van der Waals surface area (Å²) in [5.41, 5.74) is 0.851. The lowest BCUT2D eigenvalue weighted by Crippen LogP contribution is -2.41. The van der Waals surface area contributed by atoms with Gasteiger partial charge < -0.3 is 18.8 Å². The van der Waals surface area contributed by atoms with E-state index in [4.69, 9.17) is 18.8 Å². The van der Waals surface area contributed by atoms with Crippen LogP contribution in [0.4, 0.5) is 0 Å². The SMILES string of the molecule is COC(=O)Cc1ccc(B2OC(C)(C)C(C)(C)O2)cc1OC. The third kappa shape index (κ3) is 3.13. The molecule has 1 aliphatic heterocycles. The highest BCUT2D eigenvalue weighted by Gasteiger charge is 2.51. The predicted octanol–water partition coefficient (Wildman–Crippen LogP) is 1.71. The lowest BCUT2D eigenvalue weighted by Gasteiger charge is -2.32. The van der Waals surface area contributed by atoms with Crippen molar-refractivity contribution in [2.45, 2.75) is 45.3 Å². The number of carbonyl (C=O) groups is 1. The molecule has 0 spiro atoms. The van der Waals surface area contributed by atoms with Crippen LogP contribution in [0.1, 0.15) is 33.3 Å².